The zero-order valence-corrected chi connectivity index (χ0v) is 9.57. The van der Waals surface area contributed by atoms with E-state index < -0.39 is 20.1 Å². The number of alkyl halides is 3. The van der Waals surface area contributed by atoms with Crippen LogP contribution in [0, 0.1) is 6.92 Å². The fourth-order valence-electron chi connectivity index (χ4n) is 1.34. The Balaban J connectivity index is 2.47. The number of ether oxygens (including phenoxy) is 2. The Kier molecular flexibility index (Phi) is 5.00. The van der Waals surface area contributed by atoms with Crippen molar-refractivity contribution in [2.75, 3.05) is 13.2 Å². The molecule has 0 atom stereocenters. The first kappa shape index (κ1) is 14.8. The van der Waals surface area contributed by atoms with E-state index in [1.54, 1.807) is 6.92 Å². The lowest BCUT2D eigenvalue weighted by Gasteiger charge is -2.11. The molecule has 0 heterocycles. The van der Waals surface area contributed by atoms with Gasteiger partial charge in [-0.1, -0.05) is 6.07 Å². The van der Waals surface area contributed by atoms with E-state index in [1.807, 2.05) is 0 Å². The van der Waals surface area contributed by atoms with Crippen LogP contribution in [0.4, 0.5) is 13.2 Å². The number of hydrogen-bond acceptors (Lipinski definition) is 4. The highest BCUT2D eigenvalue weighted by molar-refractivity contribution is 6.59. The van der Waals surface area contributed by atoms with Gasteiger partial charge in [0.15, 0.2) is 0 Å². The lowest BCUT2D eigenvalue weighted by atomic mass is 9.77. The molecule has 0 amide bonds. The van der Waals surface area contributed by atoms with Crippen molar-refractivity contribution < 1.29 is 32.7 Å². The van der Waals surface area contributed by atoms with Crippen LogP contribution in [-0.2, 0) is 4.74 Å². The summed E-state index contributed by atoms with van der Waals surface area (Å²) in [7, 11) is -1.59. The van der Waals surface area contributed by atoms with E-state index in [2.05, 4.69) is 4.74 Å². The monoisotopic (exact) mass is 264 g/mol. The lowest BCUT2D eigenvalue weighted by molar-refractivity contribution is -0.325. The van der Waals surface area contributed by atoms with E-state index in [9.17, 15) is 13.2 Å². The van der Waals surface area contributed by atoms with E-state index in [0.29, 0.717) is 16.8 Å². The molecule has 1 aromatic rings. The van der Waals surface area contributed by atoms with Gasteiger partial charge in [0.25, 0.3) is 0 Å². The Hall–Kier alpha value is -1.25. The largest absolute Gasteiger partial charge is 0.522 e. The van der Waals surface area contributed by atoms with E-state index in [0.717, 1.165) is 0 Å². The average molecular weight is 264 g/mol. The Labute approximate surface area is 102 Å². The normalized spacial score (nSPS) is 11.4. The molecular weight excluding hydrogens is 252 g/mol. The third-order valence-corrected chi connectivity index (χ3v) is 2.14. The summed E-state index contributed by atoms with van der Waals surface area (Å²) in [5, 5.41) is 17.9. The van der Waals surface area contributed by atoms with Gasteiger partial charge in [-0.25, -0.2) is 0 Å². The fourth-order valence-corrected chi connectivity index (χ4v) is 1.34. The maximum atomic E-state index is 11.7. The van der Waals surface area contributed by atoms with Gasteiger partial charge in [0.05, 0.1) is 6.61 Å². The Bertz CT molecular complexity index is 395. The van der Waals surface area contributed by atoms with Gasteiger partial charge >= 0.3 is 13.5 Å². The molecule has 0 aliphatic carbocycles. The third kappa shape index (κ3) is 4.95. The molecule has 8 heteroatoms. The van der Waals surface area contributed by atoms with Crippen LogP contribution in [0.15, 0.2) is 18.2 Å². The summed E-state index contributed by atoms with van der Waals surface area (Å²) in [5.74, 6) is 0.336. The van der Waals surface area contributed by atoms with Gasteiger partial charge in [-0.3, -0.25) is 4.74 Å². The number of hydrogen-bond donors (Lipinski definition) is 2. The highest BCUT2D eigenvalue weighted by atomic mass is 19.4. The molecule has 2 N–H and O–H groups in total. The summed E-state index contributed by atoms with van der Waals surface area (Å²) in [5.41, 5.74) is 0.883. The average Bonchev–Trinajstić information content (AvgIpc) is 2.22. The van der Waals surface area contributed by atoms with Crippen molar-refractivity contribution >= 4 is 12.6 Å². The first-order valence-electron chi connectivity index (χ1n) is 5.10. The standard InChI is InChI=1S/C10H12BF3O4/c1-7-6-8(2-3-9(7)11(15)16)17-4-5-18-10(12,13)14/h2-3,6,15-16H,4-5H2,1H3. The predicted molar refractivity (Wildman–Crippen MR) is 58.5 cm³/mol. The van der Waals surface area contributed by atoms with Crippen molar-refractivity contribution in [2.45, 2.75) is 13.3 Å². The number of halogens is 3. The molecule has 0 spiro atoms. The summed E-state index contributed by atoms with van der Waals surface area (Å²) in [4.78, 5) is 0. The third-order valence-electron chi connectivity index (χ3n) is 2.14. The molecule has 0 saturated heterocycles. The zero-order valence-electron chi connectivity index (χ0n) is 9.57. The topological polar surface area (TPSA) is 58.9 Å². The summed E-state index contributed by atoms with van der Waals surface area (Å²) < 4.78 is 43.5. The molecular formula is C10H12BF3O4. The van der Waals surface area contributed by atoms with Crippen LogP contribution >= 0.6 is 0 Å². The molecule has 0 bridgehead atoms. The minimum absolute atomic E-state index is 0.250. The Morgan fingerprint density at radius 2 is 1.89 bits per heavy atom. The first-order valence-corrected chi connectivity index (χ1v) is 5.10. The molecule has 18 heavy (non-hydrogen) atoms. The van der Waals surface area contributed by atoms with Gasteiger partial charge in [0.2, 0.25) is 0 Å². The highest BCUT2D eigenvalue weighted by Crippen LogP contribution is 2.16. The molecule has 0 aromatic heterocycles. The number of aryl methyl sites for hydroxylation is 1. The van der Waals surface area contributed by atoms with Gasteiger partial charge in [0, 0.05) is 0 Å². The van der Waals surface area contributed by atoms with Crippen LogP contribution in [0.2, 0.25) is 0 Å². The van der Waals surface area contributed by atoms with Crippen molar-refractivity contribution in [1.82, 2.24) is 0 Å². The van der Waals surface area contributed by atoms with Gasteiger partial charge in [-0.2, -0.15) is 0 Å². The van der Waals surface area contributed by atoms with E-state index in [-0.39, 0.29) is 6.61 Å². The van der Waals surface area contributed by atoms with Crippen molar-refractivity contribution in [3.63, 3.8) is 0 Å². The second-order valence-electron chi connectivity index (χ2n) is 3.53. The molecule has 1 rings (SSSR count). The Morgan fingerprint density at radius 1 is 1.22 bits per heavy atom. The number of rotatable bonds is 5. The summed E-state index contributed by atoms with van der Waals surface area (Å²) in [6, 6.07) is 4.37. The summed E-state index contributed by atoms with van der Waals surface area (Å²) >= 11 is 0. The van der Waals surface area contributed by atoms with Gasteiger partial charge in [-0.05, 0) is 30.1 Å². The van der Waals surface area contributed by atoms with Crippen LogP contribution in [0.3, 0.4) is 0 Å². The molecule has 0 saturated carbocycles. The molecule has 0 unspecified atom stereocenters. The molecule has 0 aliphatic heterocycles. The summed E-state index contributed by atoms with van der Waals surface area (Å²) in [6.45, 7) is 0.779. The van der Waals surface area contributed by atoms with Crippen molar-refractivity contribution in [3.8, 4) is 5.75 Å². The van der Waals surface area contributed by atoms with Crippen molar-refractivity contribution in [3.05, 3.63) is 23.8 Å². The first-order chi connectivity index (χ1) is 8.29. The van der Waals surface area contributed by atoms with Crippen LogP contribution in [0.25, 0.3) is 0 Å². The maximum absolute atomic E-state index is 11.7. The summed E-state index contributed by atoms with van der Waals surface area (Å²) in [6.07, 6.45) is -4.66. The quantitative estimate of drug-likeness (QED) is 0.603. The molecule has 1 aromatic carbocycles. The van der Waals surface area contributed by atoms with Crippen molar-refractivity contribution in [2.24, 2.45) is 0 Å². The zero-order chi connectivity index (χ0) is 13.8. The minimum Gasteiger partial charge on any atom is -0.491 e. The molecule has 0 aliphatic rings. The van der Waals surface area contributed by atoms with E-state index >= 15 is 0 Å². The fraction of sp³-hybridized carbons (Fsp3) is 0.400. The van der Waals surface area contributed by atoms with Crippen LogP contribution in [0.1, 0.15) is 5.56 Å². The van der Waals surface area contributed by atoms with Crippen molar-refractivity contribution in [1.29, 1.82) is 0 Å². The van der Waals surface area contributed by atoms with E-state index in [1.165, 1.54) is 18.2 Å². The number of benzene rings is 1. The van der Waals surface area contributed by atoms with Gasteiger partial charge in [0.1, 0.15) is 12.4 Å². The van der Waals surface area contributed by atoms with Crippen LogP contribution in [0.5, 0.6) is 5.75 Å². The minimum atomic E-state index is -4.66. The van der Waals surface area contributed by atoms with E-state index in [4.69, 9.17) is 14.8 Å². The molecule has 4 nitrogen and oxygen atoms in total. The molecule has 0 fully saturated rings. The van der Waals surface area contributed by atoms with Crippen LogP contribution < -0.4 is 10.2 Å². The van der Waals surface area contributed by atoms with Gasteiger partial charge in [-0.15, -0.1) is 13.2 Å². The highest BCUT2D eigenvalue weighted by Gasteiger charge is 2.28. The van der Waals surface area contributed by atoms with Gasteiger partial charge < -0.3 is 14.8 Å². The molecule has 0 radical (unpaired) electrons. The SMILES string of the molecule is Cc1cc(OCCOC(F)(F)F)ccc1B(O)O. The van der Waals surface area contributed by atoms with Crippen LogP contribution in [-0.4, -0.2) is 36.7 Å². The Morgan fingerprint density at radius 3 is 2.39 bits per heavy atom. The maximum Gasteiger partial charge on any atom is 0.522 e. The lowest BCUT2D eigenvalue weighted by Crippen LogP contribution is -2.31. The smallest absolute Gasteiger partial charge is 0.491 e. The molecule has 100 valence electrons. The second kappa shape index (κ2) is 6.08. The second-order valence-corrected chi connectivity index (χ2v) is 3.53. The predicted octanol–water partition coefficient (Wildman–Crippen LogP) is 0.590.